The standard InChI is InChI=1S/C22H28N6O4/c1-15-8-19(25-31-15)23-21(29)13-27(3)11-17-6-5-7-18(10-17)12-28(4)14-22(30)24-20-9-16(2)32-26-20/h5-10H,11-14H2,1-4H3,(H,23,25,29)(H,24,26,30). The van der Waals surface area contributed by atoms with Gasteiger partial charge in [-0.3, -0.25) is 19.4 Å². The fourth-order valence-corrected chi connectivity index (χ4v) is 3.27. The Morgan fingerprint density at radius 1 is 0.812 bits per heavy atom. The Morgan fingerprint density at radius 2 is 1.25 bits per heavy atom. The zero-order valence-corrected chi connectivity index (χ0v) is 18.7. The summed E-state index contributed by atoms with van der Waals surface area (Å²) < 4.78 is 9.90. The Hall–Kier alpha value is -3.50. The van der Waals surface area contributed by atoms with Crippen LogP contribution in [0.2, 0.25) is 0 Å². The average molecular weight is 441 g/mol. The fraction of sp³-hybridized carbons (Fsp3) is 0.364. The molecule has 10 heteroatoms. The molecule has 0 fully saturated rings. The molecule has 1 aromatic carbocycles. The highest BCUT2D eigenvalue weighted by Gasteiger charge is 2.12. The van der Waals surface area contributed by atoms with E-state index < -0.39 is 0 Å². The molecule has 0 saturated carbocycles. The van der Waals surface area contributed by atoms with E-state index in [1.807, 2.05) is 42.1 Å². The van der Waals surface area contributed by atoms with E-state index in [1.165, 1.54) is 0 Å². The number of rotatable bonds is 10. The molecule has 0 aliphatic heterocycles. The zero-order chi connectivity index (χ0) is 23.1. The number of anilines is 2. The fourth-order valence-electron chi connectivity index (χ4n) is 3.27. The number of amides is 2. The predicted octanol–water partition coefficient (Wildman–Crippen LogP) is 2.42. The maximum Gasteiger partial charge on any atom is 0.239 e. The number of carbonyl (C=O) groups excluding carboxylic acids is 2. The molecule has 0 atom stereocenters. The van der Waals surface area contributed by atoms with E-state index in [0.29, 0.717) is 36.2 Å². The average Bonchev–Trinajstić information content (AvgIpc) is 3.29. The summed E-state index contributed by atoms with van der Waals surface area (Å²) in [5, 5.41) is 13.0. The van der Waals surface area contributed by atoms with Gasteiger partial charge in [-0.05, 0) is 39.1 Å². The molecule has 3 aromatic rings. The zero-order valence-electron chi connectivity index (χ0n) is 18.7. The van der Waals surface area contributed by atoms with E-state index in [1.54, 1.807) is 26.0 Å². The van der Waals surface area contributed by atoms with Gasteiger partial charge in [0.05, 0.1) is 13.1 Å². The molecule has 170 valence electrons. The lowest BCUT2D eigenvalue weighted by Gasteiger charge is -2.18. The summed E-state index contributed by atoms with van der Waals surface area (Å²) in [7, 11) is 3.75. The summed E-state index contributed by atoms with van der Waals surface area (Å²) in [6, 6.07) is 11.4. The van der Waals surface area contributed by atoms with Crippen LogP contribution in [0.25, 0.3) is 0 Å². The Bertz CT molecular complexity index is 981. The highest BCUT2D eigenvalue weighted by atomic mass is 16.5. The van der Waals surface area contributed by atoms with Gasteiger partial charge < -0.3 is 19.7 Å². The molecular formula is C22H28N6O4. The van der Waals surface area contributed by atoms with Crippen molar-refractivity contribution >= 4 is 23.5 Å². The van der Waals surface area contributed by atoms with Crippen LogP contribution in [-0.4, -0.2) is 59.1 Å². The summed E-state index contributed by atoms with van der Waals surface area (Å²) in [5.41, 5.74) is 2.15. The second-order valence-electron chi connectivity index (χ2n) is 7.91. The van der Waals surface area contributed by atoms with Crippen molar-refractivity contribution in [3.8, 4) is 0 Å². The van der Waals surface area contributed by atoms with Crippen molar-refractivity contribution in [2.45, 2.75) is 26.9 Å². The van der Waals surface area contributed by atoms with Gasteiger partial charge in [0.1, 0.15) is 11.5 Å². The van der Waals surface area contributed by atoms with Gasteiger partial charge in [-0.15, -0.1) is 0 Å². The molecule has 32 heavy (non-hydrogen) atoms. The summed E-state index contributed by atoms with van der Waals surface area (Å²) in [6.45, 7) is 5.19. The van der Waals surface area contributed by atoms with E-state index in [-0.39, 0.29) is 24.9 Å². The number of aromatic nitrogens is 2. The van der Waals surface area contributed by atoms with E-state index in [2.05, 4.69) is 27.0 Å². The molecule has 0 aliphatic rings. The molecule has 0 aliphatic carbocycles. The van der Waals surface area contributed by atoms with Gasteiger partial charge in [0.25, 0.3) is 0 Å². The SMILES string of the molecule is Cc1cc(NC(=O)CN(C)Cc2cccc(CN(C)CC(=O)Nc3cc(C)on3)c2)no1. The largest absolute Gasteiger partial charge is 0.360 e. The van der Waals surface area contributed by atoms with Gasteiger partial charge in [0.15, 0.2) is 11.6 Å². The van der Waals surface area contributed by atoms with Crippen LogP contribution < -0.4 is 10.6 Å². The molecule has 0 bridgehead atoms. The minimum absolute atomic E-state index is 0.162. The summed E-state index contributed by atoms with van der Waals surface area (Å²) >= 11 is 0. The van der Waals surface area contributed by atoms with Gasteiger partial charge in [0, 0.05) is 25.2 Å². The number of carbonyl (C=O) groups is 2. The van der Waals surface area contributed by atoms with Crippen LogP contribution >= 0.6 is 0 Å². The van der Waals surface area contributed by atoms with Crippen molar-refractivity contribution in [1.82, 2.24) is 20.1 Å². The molecule has 10 nitrogen and oxygen atoms in total. The second-order valence-corrected chi connectivity index (χ2v) is 7.91. The van der Waals surface area contributed by atoms with E-state index >= 15 is 0 Å². The lowest BCUT2D eigenvalue weighted by molar-refractivity contribution is -0.118. The minimum atomic E-state index is -0.162. The number of benzene rings is 1. The summed E-state index contributed by atoms with van der Waals surface area (Å²) in [4.78, 5) is 28.2. The predicted molar refractivity (Wildman–Crippen MR) is 119 cm³/mol. The van der Waals surface area contributed by atoms with Crippen LogP contribution in [0.4, 0.5) is 11.6 Å². The molecule has 2 N–H and O–H groups in total. The number of hydrogen-bond acceptors (Lipinski definition) is 8. The van der Waals surface area contributed by atoms with E-state index in [4.69, 9.17) is 9.05 Å². The van der Waals surface area contributed by atoms with Crippen LogP contribution in [-0.2, 0) is 22.7 Å². The molecule has 2 amide bonds. The highest BCUT2D eigenvalue weighted by molar-refractivity contribution is 5.91. The smallest absolute Gasteiger partial charge is 0.239 e. The van der Waals surface area contributed by atoms with E-state index in [0.717, 1.165) is 11.1 Å². The maximum atomic E-state index is 12.2. The Kier molecular flexibility index (Phi) is 7.74. The molecule has 0 unspecified atom stereocenters. The first-order valence-corrected chi connectivity index (χ1v) is 10.2. The van der Waals surface area contributed by atoms with Gasteiger partial charge in [-0.25, -0.2) is 0 Å². The van der Waals surface area contributed by atoms with Gasteiger partial charge in [-0.2, -0.15) is 0 Å². The Labute approximate surface area is 186 Å². The number of nitrogens with zero attached hydrogens (tertiary/aromatic N) is 4. The third-order valence-corrected chi connectivity index (χ3v) is 4.51. The first-order chi connectivity index (χ1) is 15.3. The first-order valence-electron chi connectivity index (χ1n) is 10.2. The Balaban J connectivity index is 1.46. The van der Waals surface area contributed by atoms with Crippen molar-refractivity contribution in [2.75, 3.05) is 37.8 Å². The molecular weight excluding hydrogens is 412 g/mol. The molecule has 2 aromatic heterocycles. The van der Waals surface area contributed by atoms with Gasteiger partial charge in [0.2, 0.25) is 11.8 Å². The van der Waals surface area contributed by atoms with E-state index in [9.17, 15) is 9.59 Å². The van der Waals surface area contributed by atoms with Crippen LogP contribution in [0.15, 0.2) is 45.4 Å². The lowest BCUT2D eigenvalue weighted by atomic mass is 10.1. The Morgan fingerprint density at radius 3 is 1.62 bits per heavy atom. The number of aryl methyl sites for hydroxylation is 2. The normalized spacial score (nSPS) is 11.2. The molecule has 0 saturated heterocycles. The minimum Gasteiger partial charge on any atom is -0.360 e. The summed E-state index contributed by atoms with van der Waals surface area (Å²) in [6.07, 6.45) is 0. The van der Waals surface area contributed by atoms with Crippen LogP contribution in [0, 0.1) is 13.8 Å². The topological polar surface area (TPSA) is 117 Å². The lowest BCUT2D eigenvalue weighted by Crippen LogP contribution is -2.30. The third-order valence-electron chi connectivity index (χ3n) is 4.51. The molecule has 2 heterocycles. The molecule has 0 radical (unpaired) electrons. The monoisotopic (exact) mass is 440 g/mol. The molecule has 3 rings (SSSR count). The number of likely N-dealkylation sites (N-methyl/N-ethyl adjacent to an activating group) is 2. The second kappa shape index (κ2) is 10.7. The van der Waals surface area contributed by atoms with Gasteiger partial charge >= 0.3 is 0 Å². The van der Waals surface area contributed by atoms with Crippen molar-refractivity contribution in [1.29, 1.82) is 0 Å². The summed E-state index contributed by atoms with van der Waals surface area (Å²) in [5.74, 6) is 1.78. The van der Waals surface area contributed by atoms with Crippen molar-refractivity contribution in [3.63, 3.8) is 0 Å². The number of nitrogens with one attached hydrogen (secondary N) is 2. The van der Waals surface area contributed by atoms with Gasteiger partial charge in [-0.1, -0.05) is 34.6 Å². The van der Waals surface area contributed by atoms with Crippen molar-refractivity contribution in [3.05, 3.63) is 59.0 Å². The van der Waals surface area contributed by atoms with Crippen molar-refractivity contribution < 1.29 is 18.6 Å². The molecule has 0 spiro atoms. The highest BCUT2D eigenvalue weighted by Crippen LogP contribution is 2.11. The van der Waals surface area contributed by atoms with Crippen LogP contribution in [0.3, 0.4) is 0 Å². The third kappa shape index (κ3) is 7.33. The first kappa shape index (κ1) is 23.2. The quantitative estimate of drug-likeness (QED) is 0.494. The maximum absolute atomic E-state index is 12.2. The van der Waals surface area contributed by atoms with Crippen LogP contribution in [0.5, 0.6) is 0 Å². The van der Waals surface area contributed by atoms with Crippen molar-refractivity contribution in [2.24, 2.45) is 0 Å². The van der Waals surface area contributed by atoms with Crippen LogP contribution in [0.1, 0.15) is 22.6 Å². The number of hydrogen-bond donors (Lipinski definition) is 2.